The number of hydrogen-bond donors (Lipinski definition) is 3. The molecule has 134 valence electrons. The van der Waals surface area contributed by atoms with Gasteiger partial charge in [0.2, 0.25) is 0 Å². The molecule has 6 nitrogen and oxygen atoms in total. The van der Waals surface area contributed by atoms with Crippen molar-refractivity contribution in [2.75, 3.05) is 25.6 Å². The summed E-state index contributed by atoms with van der Waals surface area (Å²) in [5, 5.41) is 14.5. The smallest absolute Gasteiger partial charge is 0.319 e. The van der Waals surface area contributed by atoms with Gasteiger partial charge in [-0.2, -0.15) is 0 Å². The number of aliphatic hydroxyl groups excluding tert-OH is 1. The largest absolute Gasteiger partial charge is 0.493 e. The number of carbonyl (C=O) groups excluding carboxylic acids is 1. The van der Waals surface area contributed by atoms with Crippen LogP contribution in [0, 0.1) is 13.8 Å². The molecule has 0 aliphatic carbocycles. The first kappa shape index (κ1) is 18.6. The van der Waals surface area contributed by atoms with E-state index >= 15 is 0 Å². The molecule has 2 aromatic carbocycles. The number of aliphatic hydroxyl groups is 1. The lowest BCUT2D eigenvalue weighted by Crippen LogP contribution is -2.28. The molecule has 0 radical (unpaired) electrons. The van der Waals surface area contributed by atoms with Gasteiger partial charge in [-0.15, -0.1) is 0 Å². The number of rotatable bonds is 7. The van der Waals surface area contributed by atoms with Crippen molar-refractivity contribution in [3.8, 4) is 11.5 Å². The molecule has 3 N–H and O–H groups in total. The summed E-state index contributed by atoms with van der Waals surface area (Å²) in [6.45, 7) is 4.42. The minimum absolute atomic E-state index is 0.0645. The maximum atomic E-state index is 12.1. The van der Waals surface area contributed by atoms with Crippen LogP contribution in [0.25, 0.3) is 0 Å². The van der Waals surface area contributed by atoms with E-state index in [0.29, 0.717) is 18.0 Å². The average molecular weight is 344 g/mol. The second kappa shape index (κ2) is 8.94. The Hall–Kier alpha value is -2.73. The van der Waals surface area contributed by atoms with Crippen LogP contribution in [-0.2, 0) is 6.54 Å². The standard InChI is InChI=1S/C19H24N2O4/c1-13-4-5-14(2)16(10-13)21-19(23)20-12-15-6-7-17(25-9-8-22)18(11-15)24-3/h4-7,10-11,22H,8-9,12H2,1-3H3,(H2,20,21,23). The number of nitrogens with one attached hydrogen (secondary N) is 2. The fourth-order valence-electron chi connectivity index (χ4n) is 2.32. The van der Waals surface area contributed by atoms with Crippen LogP contribution < -0.4 is 20.1 Å². The van der Waals surface area contributed by atoms with Crippen molar-refractivity contribution in [1.82, 2.24) is 5.32 Å². The Kier molecular flexibility index (Phi) is 6.65. The van der Waals surface area contributed by atoms with Gasteiger partial charge in [-0.3, -0.25) is 0 Å². The number of anilines is 1. The summed E-state index contributed by atoms with van der Waals surface area (Å²) in [7, 11) is 1.55. The third-order valence-electron chi connectivity index (χ3n) is 3.67. The predicted octanol–water partition coefficient (Wildman–Crippen LogP) is 3.00. The van der Waals surface area contributed by atoms with Crippen molar-refractivity contribution < 1.29 is 19.4 Å². The van der Waals surface area contributed by atoms with E-state index in [1.54, 1.807) is 19.2 Å². The van der Waals surface area contributed by atoms with Gasteiger partial charge in [-0.05, 0) is 48.7 Å². The van der Waals surface area contributed by atoms with Gasteiger partial charge in [0, 0.05) is 12.2 Å². The first-order valence-electron chi connectivity index (χ1n) is 8.06. The van der Waals surface area contributed by atoms with Crippen LogP contribution in [0.2, 0.25) is 0 Å². The van der Waals surface area contributed by atoms with Crippen molar-refractivity contribution in [2.24, 2.45) is 0 Å². The predicted molar refractivity (Wildman–Crippen MR) is 97.3 cm³/mol. The van der Waals surface area contributed by atoms with Crippen molar-refractivity contribution in [1.29, 1.82) is 0 Å². The van der Waals surface area contributed by atoms with Gasteiger partial charge in [0.15, 0.2) is 11.5 Å². The summed E-state index contributed by atoms with van der Waals surface area (Å²) >= 11 is 0. The Bertz CT molecular complexity index is 731. The van der Waals surface area contributed by atoms with Crippen LogP contribution in [0.5, 0.6) is 11.5 Å². The number of benzene rings is 2. The number of amides is 2. The van der Waals surface area contributed by atoms with Gasteiger partial charge in [0.25, 0.3) is 0 Å². The number of methoxy groups -OCH3 is 1. The second-order valence-corrected chi connectivity index (χ2v) is 5.68. The van der Waals surface area contributed by atoms with Gasteiger partial charge in [0.1, 0.15) is 6.61 Å². The summed E-state index contributed by atoms with van der Waals surface area (Å²) in [6.07, 6.45) is 0. The minimum atomic E-state index is -0.270. The number of urea groups is 1. The van der Waals surface area contributed by atoms with E-state index in [4.69, 9.17) is 14.6 Å². The Labute approximate surface area is 147 Å². The summed E-state index contributed by atoms with van der Waals surface area (Å²) in [5.41, 5.74) is 3.77. The van der Waals surface area contributed by atoms with Crippen LogP contribution in [0.3, 0.4) is 0 Å². The molecule has 2 amide bonds. The summed E-state index contributed by atoms with van der Waals surface area (Å²) in [5.74, 6) is 1.11. The first-order valence-corrected chi connectivity index (χ1v) is 8.06. The van der Waals surface area contributed by atoms with Gasteiger partial charge < -0.3 is 25.2 Å². The molecule has 0 aromatic heterocycles. The summed E-state index contributed by atoms with van der Waals surface area (Å²) in [6, 6.07) is 11.0. The van der Waals surface area contributed by atoms with E-state index in [-0.39, 0.29) is 19.2 Å². The van der Waals surface area contributed by atoms with E-state index in [1.165, 1.54) is 0 Å². The fourth-order valence-corrected chi connectivity index (χ4v) is 2.32. The van der Waals surface area contributed by atoms with Gasteiger partial charge >= 0.3 is 6.03 Å². The van der Waals surface area contributed by atoms with Crippen LogP contribution in [0.4, 0.5) is 10.5 Å². The fraction of sp³-hybridized carbons (Fsp3) is 0.316. The maximum Gasteiger partial charge on any atom is 0.319 e. The van der Waals surface area contributed by atoms with E-state index in [0.717, 1.165) is 22.4 Å². The summed E-state index contributed by atoms with van der Waals surface area (Å²) < 4.78 is 10.7. The molecule has 25 heavy (non-hydrogen) atoms. The van der Waals surface area contributed by atoms with Crippen molar-refractivity contribution in [3.63, 3.8) is 0 Å². The molecule has 0 aliphatic rings. The number of ether oxygens (including phenoxy) is 2. The van der Waals surface area contributed by atoms with Crippen molar-refractivity contribution >= 4 is 11.7 Å². The zero-order valence-electron chi connectivity index (χ0n) is 14.8. The van der Waals surface area contributed by atoms with Crippen molar-refractivity contribution in [2.45, 2.75) is 20.4 Å². The normalized spacial score (nSPS) is 10.2. The lowest BCUT2D eigenvalue weighted by molar-refractivity contribution is 0.196. The summed E-state index contributed by atoms with van der Waals surface area (Å²) in [4.78, 5) is 12.1. The van der Waals surface area contributed by atoms with Crippen molar-refractivity contribution in [3.05, 3.63) is 53.1 Å². The van der Waals surface area contributed by atoms with E-state index in [9.17, 15) is 4.79 Å². The molecule has 0 bridgehead atoms. The van der Waals surface area contributed by atoms with Crippen LogP contribution in [-0.4, -0.2) is 31.5 Å². The maximum absolute atomic E-state index is 12.1. The average Bonchev–Trinajstić information content (AvgIpc) is 2.61. The second-order valence-electron chi connectivity index (χ2n) is 5.68. The molecule has 0 fully saturated rings. The zero-order chi connectivity index (χ0) is 18.2. The van der Waals surface area contributed by atoms with E-state index in [2.05, 4.69) is 10.6 Å². The molecular formula is C19H24N2O4. The molecule has 0 atom stereocenters. The van der Waals surface area contributed by atoms with E-state index in [1.807, 2.05) is 38.1 Å². The number of aryl methyl sites for hydroxylation is 2. The molecule has 0 heterocycles. The lowest BCUT2D eigenvalue weighted by atomic mass is 10.1. The molecule has 2 aromatic rings. The highest BCUT2D eigenvalue weighted by Gasteiger charge is 2.08. The Morgan fingerprint density at radius 3 is 2.64 bits per heavy atom. The van der Waals surface area contributed by atoms with Crippen LogP contribution in [0.1, 0.15) is 16.7 Å². The van der Waals surface area contributed by atoms with Gasteiger partial charge in [0.05, 0.1) is 13.7 Å². The number of carbonyl (C=O) groups is 1. The third kappa shape index (κ3) is 5.39. The Morgan fingerprint density at radius 2 is 1.92 bits per heavy atom. The highest BCUT2D eigenvalue weighted by molar-refractivity contribution is 5.90. The van der Waals surface area contributed by atoms with Crippen LogP contribution in [0.15, 0.2) is 36.4 Å². The molecular weight excluding hydrogens is 320 g/mol. The lowest BCUT2D eigenvalue weighted by Gasteiger charge is -2.13. The molecule has 0 spiro atoms. The molecule has 2 rings (SSSR count). The topological polar surface area (TPSA) is 79.8 Å². The molecule has 0 saturated carbocycles. The zero-order valence-corrected chi connectivity index (χ0v) is 14.8. The molecule has 6 heteroatoms. The molecule has 0 unspecified atom stereocenters. The third-order valence-corrected chi connectivity index (χ3v) is 3.67. The number of hydrogen-bond acceptors (Lipinski definition) is 4. The quantitative estimate of drug-likeness (QED) is 0.721. The Balaban J connectivity index is 1.96. The van der Waals surface area contributed by atoms with Gasteiger partial charge in [-0.25, -0.2) is 4.79 Å². The van der Waals surface area contributed by atoms with Crippen LogP contribution >= 0.6 is 0 Å². The monoisotopic (exact) mass is 344 g/mol. The first-order chi connectivity index (χ1) is 12.0. The SMILES string of the molecule is COc1cc(CNC(=O)Nc2cc(C)ccc2C)ccc1OCCO. The highest BCUT2D eigenvalue weighted by atomic mass is 16.5. The highest BCUT2D eigenvalue weighted by Crippen LogP contribution is 2.28. The van der Waals surface area contributed by atoms with E-state index < -0.39 is 0 Å². The molecule has 0 aliphatic heterocycles. The Morgan fingerprint density at radius 1 is 1.12 bits per heavy atom. The molecule has 0 saturated heterocycles. The van der Waals surface area contributed by atoms with Gasteiger partial charge in [-0.1, -0.05) is 18.2 Å². The minimum Gasteiger partial charge on any atom is -0.493 e.